The number of aryl methyl sites for hydroxylation is 2. The van der Waals surface area contributed by atoms with Crippen LogP contribution in [0, 0.1) is 38.4 Å². The zero-order valence-electron chi connectivity index (χ0n) is 44.5. The van der Waals surface area contributed by atoms with Crippen molar-refractivity contribution in [3.63, 3.8) is 0 Å². The lowest BCUT2D eigenvalue weighted by atomic mass is 10.1. The maximum Gasteiger partial charge on any atom is 0.347 e. The summed E-state index contributed by atoms with van der Waals surface area (Å²) >= 11 is 49.0. The van der Waals surface area contributed by atoms with Crippen LogP contribution in [-0.4, -0.2) is 62.3 Å². The first-order valence-electron chi connectivity index (χ1n) is 24.6. The van der Waals surface area contributed by atoms with E-state index >= 15 is 0 Å². The van der Waals surface area contributed by atoms with E-state index in [0.29, 0.717) is 12.7 Å². The molecule has 5 aromatic carbocycles. The Morgan fingerprint density at radius 1 is 0.570 bits per heavy atom. The average Bonchev–Trinajstić information content (AvgIpc) is 3.00. The van der Waals surface area contributed by atoms with Gasteiger partial charge in [-0.05, 0) is 115 Å². The number of fused-ring (bicyclic) bond motifs is 2. The van der Waals surface area contributed by atoms with Crippen LogP contribution in [0.15, 0.2) is 167 Å². The molecule has 8 aromatic heterocycles. The van der Waals surface area contributed by atoms with Gasteiger partial charge in [0.2, 0.25) is 4.77 Å². The fourth-order valence-electron chi connectivity index (χ4n) is 6.62. The first-order valence-corrected chi connectivity index (χ1v) is 35.8. The Morgan fingerprint density at radius 3 is 1.56 bits per heavy atom. The SMILES string of the molecule is CCCc1cc(=O)[nH]c(=S)[nH]1.Cc1cssc1=S.O=C(O)c1sc(=S)sc1C(=O)O.S=c1[nH]c(-c2ccccc2)c(-c2ccccc2)s1.S=c1[nH]c2ccccc2s1.S=c1[nH]ccs1.S=c1nc(-c2ccccc2)[nH][nH]1.S=c1sc2ccccc2s1. The van der Waals surface area contributed by atoms with Gasteiger partial charge in [-0.15, -0.1) is 79.4 Å². The summed E-state index contributed by atoms with van der Waals surface area (Å²) in [6.07, 6.45) is 3.70. The Labute approximate surface area is 567 Å². The molecule has 0 saturated heterocycles. The lowest BCUT2D eigenvalue weighted by Gasteiger charge is -2.03. The molecule has 13 aromatic rings. The highest BCUT2D eigenvalue weighted by Crippen LogP contribution is 2.35. The molecule has 0 aliphatic rings. The van der Waals surface area contributed by atoms with Crippen LogP contribution in [-0.2, 0) is 6.42 Å². The molecule has 0 unspecified atom stereocenters. The highest BCUT2D eigenvalue weighted by molar-refractivity contribution is 7.79. The summed E-state index contributed by atoms with van der Waals surface area (Å²) in [6, 6.07) is 48.4. The predicted molar refractivity (Wildman–Crippen MR) is 388 cm³/mol. The normalized spacial score (nSPS) is 9.98. The minimum Gasteiger partial charge on any atom is -0.477 e. The van der Waals surface area contributed by atoms with Gasteiger partial charge >= 0.3 is 11.9 Å². The molecule has 30 heteroatoms. The molecule has 0 amide bonds. The van der Waals surface area contributed by atoms with E-state index < -0.39 is 11.9 Å². The highest BCUT2D eigenvalue weighted by Gasteiger charge is 2.19. The zero-order chi connectivity index (χ0) is 62.0. The zero-order valence-corrected chi connectivity index (χ0v) is 58.4. The number of carboxylic acids is 2. The number of para-hydroxylation sites is 1. The molecular weight excluding hydrogens is 1410 g/mol. The summed E-state index contributed by atoms with van der Waals surface area (Å²) in [4.78, 5) is 51.2. The van der Waals surface area contributed by atoms with E-state index in [1.807, 2.05) is 116 Å². The van der Waals surface area contributed by atoms with Crippen molar-refractivity contribution in [2.24, 2.45) is 0 Å². The van der Waals surface area contributed by atoms with Gasteiger partial charge in [-0.25, -0.2) is 9.59 Å². The van der Waals surface area contributed by atoms with Crippen molar-refractivity contribution in [3.05, 3.63) is 225 Å². The molecule has 13 rings (SSSR count). The number of rotatable bonds is 7. The summed E-state index contributed by atoms with van der Waals surface area (Å²) < 4.78 is 9.58. The predicted octanol–water partition coefficient (Wildman–Crippen LogP) is 21.9. The van der Waals surface area contributed by atoms with Crippen LogP contribution < -0.4 is 5.56 Å². The average molecular weight is 1460 g/mol. The van der Waals surface area contributed by atoms with E-state index in [4.69, 9.17) is 95.7 Å². The van der Waals surface area contributed by atoms with Gasteiger partial charge in [-0.1, -0.05) is 186 Å². The Hall–Kier alpha value is -5.62. The molecule has 9 N–H and O–H groups in total. The number of hydrogen-bond donors (Lipinski definition) is 9. The number of aromatic carboxylic acids is 2. The van der Waals surface area contributed by atoms with Gasteiger partial charge in [0.05, 0.1) is 20.8 Å². The van der Waals surface area contributed by atoms with Crippen LogP contribution in [0.3, 0.4) is 0 Å². The second-order valence-corrected chi connectivity index (χ2v) is 31.5. The lowest BCUT2D eigenvalue weighted by Crippen LogP contribution is -2.08. The largest absolute Gasteiger partial charge is 0.477 e. The van der Waals surface area contributed by atoms with E-state index in [1.165, 1.54) is 47.0 Å². The van der Waals surface area contributed by atoms with E-state index in [1.54, 1.807) is 72.1 Å². The maximum atomic E-state index is 10.8. The van der Waals surface area contributed by atoms with E-state index in [2.05, 4.69) is 107 Å². The third-order valence-electron chi connectivity index (χ3n) is 10.3. The first-order chi connectivity index (χ1) is 41.4. The van der Waals surface area contributed by atoms with Crippen LogP contribution in [0.2, 0.25) is 0 Å². The van der Waals surface area contributed by atoms with Crippen LogP contribution in [0.1, 0.15) is 43.9 Å². The summed E-state index contributed by atoms with van der Waals surface area (Å²) in [7, 11) is 3.36. The smallest absolute Gasteiger partial charge is 0.347 e. The number of benzene rings is 5. The fourth-order valence-corrected chi connectivity index (χ4v) is 17.1. The molecule has 442 valence electrons. The minimum atomic E-state index is -1.25. The molecule has 13 nitrogen and oxygen atoms in total. The maximum absolute atomic E-state index is 10.8. The number of hydrogen-bond acceptors (Lipinski definition) is 21. The van der Waals surface area contributed by atoms with Gasteiger partial charge < -0.3 is 30.1 Å². The monoisotopic (exact) mass is 1450 g/mol. The van der Waals surface area contributed by atoms with Crippen LogP contribution in [0.4, 0.5) is 0 Å². The number of aromatic nitrogens is 8. The van der Waals surface area contributed by atoms with Crippen molar-refractivity contribution in [2.45, 2.75) is 26.7 Å². The van der Waals surface area contributed by atoms with Crippen molar-refractivity contribution in [1.29, 1.82) is 0 Å². The summed E-state index contributed by atoms with van der Waals surface area (Å²) in [6.45, 7) is 4.09. The lowest BCUT2D eigenvalue weighted by molar-refractivity contribution is 0.0660. The minimum absolute atomic E-state index is 0.128. The van der Waals surface area contributed by atoms with Crippen LogP contribution in [0.5, 0.6) is 0 Å². The number of H-pyrrole nitrogens is 7. The van der Waals surface area contributed by atoms with Gasteiger partial charge in [0, 0.05) is 43.7 Å². The Morgan fingerprint density at radius 2 is 1.10 bits per heavy atom. The van der Waals surface area contributed by atoms with E-state index in [-0.39, 0.29) is 15.3 Å². The van der Waals surface area contributed by atoms with Crippen molar-refractivity contribution in [2.75, 3.05) is 0 Å². The number of carbonyl (C=O) groups is 2. The molecule has 0 bridgehead atoms. The first kappa shape index (κ1) is 69.5. The van der Waals surface area contributed by atoms with Crippen LogP contribution in [0.25, 0.3) is 52.7 Å². The quantitative estimate of drug-likeness (QED) is 0.0536. The fraction of sp³-hybridized carbons (Fsp3) is 0.0714. The molecule has 0 radical (unpaired) electrons. The third kappa shape index (κ3) is 23.5. The Bertz CT molecular complexity index is 4490. The second-order valence-electron chi connectivity index (χ2n) is 16.4. The summed E-state index contributed by atoms with van der Waals surface area (Å²) in [5, 5.41) is 26.7. The van der Waals surface area contributed by atoms with Gasteiger partial charge in [-0.3, -0.25) is 20.0 Å². The van der Waals surface area contributed by atoms with Gasteiger partial charge in [0.15, 0.2) is 22.5 Å². The summed E-state index contributed by atoms with van der Waals surface area (Å²) in [5.74, 6) is -1.71. The van der Waals surface area contributed by atoms with Crippen molar-refractivity contribution < 1.29 is 19.8 Å². The number of nitrogens with zero attached hydrogens (tertiary/aromatic N) is 1. The number of aromatic amines is 7. The number of thiazole rings is 3. The molecule has 8 heterocycles. The van der Waals surface area contributed by atoms with Crippen molar-refractivity contribution >= 4 is 229 Å². The molecule has 0 aliphatic heterocycles. The van der Waals surface area contributed by atoms with Gasteiger partial charge in [0.1, 0.15) is 19.9 Å². The highest BCUT2D eigenvalue weighted by atomic mass is 32.9. The molecule has 0 spiro atoms. The molecule has 86 heavy (non-hydrogen) atoms. The van der Waals surface area contributed by atoms with Gasteiger partial charge in [-0.2, -0.15) is 4.98 Å². The molecule has 0 aliphatic carbocycles. The summed E-state index contributed by atoms with van der Waals surface area (Å²) in [5.41, 5.74) is 7.67. The number of carboxylic acid groups (broad SMARTS) is 2. The Kier molecular flexibility index (Phi) is 29.6. The van der Waals surface area contributed by atoms with E-state index in [9.17, 15) is 14.4 Å². The van der Waals surface area contributed by atoms with Crippen molar-refractivity contribution in [1.82, 2.24) is 40.1 Å². The second kappa shape index (κ2) is 36.6. The standard InChI is InChI=1S/C15H11NS2.C8H7N3S.C7H10N2OS.C7H5NS2.C7H4S3.C5H2O4S3.C4H4S3.C3H3NS2/c17-15-16-13(11-7-3-1-4-8-11)14(18-15)12-9-5-2-6-10-12;12-8-9-7(10-11-8)6-4-2-1-3-5-6;1-2-3-5-4-6(10)9-7(11)8-5;9-7-8-5-3-1-2-4-6(5)10-7;8-7-9-5-3-1-2-4-6(5)10-7;6-3(7)1-2(4(8)9)12-5(10)11-1;1-3-2-6-7-4(3)5;5-3-4-1-2-6-3/h1-10H,(H,16,17);1-5H,(H2,9,10,11,12);4H,2-3H2,1H3,(H2,8,9,10,11);1-4H,(H,8,9);1-4H;(H,6,7)(H,8,9);2H,1H3;1-2H,(H,4,5). The topological polar surface area (TPSA) is 215 Å². The third-order valence-corrected chi connectivity index (χ3v) is 22.4. The van der Waals surface area contributed by atoms with Crippen molar-refractivity contribution in [3.8, 4) is 33.1 Å². The number of nitrogens with one attached hydrogen (secondary N) is 7. The van der Waals surface area contributed by atoms with E-state index in [0.717, 1.165) is 82.6 Å². The Balaban J connectivity index is 0.000000160. The molecule has 0 atom stereocenters. The van der Waals surface area contributed by atoms with Crippen LogP contribution >= 0.6 is 198 Å². The molecule has 0 fully saturated rings. The van der Waals surface area contributed by atoms with Gasteiger partial charge in [0.25, 0.3) is 5.56 Å². The molecule has 0 saturated carbocycles. The molecular formula is C56H46N8O5S17.